The molecule has 0 atom stereocenters. The molecular formula is C15H15N5O4. The van der Waals surface area contributed by atoms with Crippen LogP contribution >= 0.6 is 0 Å². The maximum absolute atomic E-state index is 11.6. The van der Waals surface area contributed by atoms with Gasteiger partial charge in [-0.15, -0.1) is 0 Å². The van der Waals surface area contributed by atoms with E-state index in [4.69, 9.17) is 9.37 Å². The van der Waals surface area contributed by atoms with E-state index in [1.54, 1.807) is 29.2 Å². The zero-order chi connectivity index (χ0) is 17.3. The number of anilines is 3. The molecule has 0 saturated heterocycles. The number of benzene rings is 2. The molecule has 9 nitrogen and oxygen atoms in total. The summed E-state index contributed by atoms with van der Waals surface area (Å²) in [4.78, 5) is 12.8. The molecule has 0 fully saturated rings. The number of nitrogens with zero attached hydrogens (tertiary/aromatic N) is 4. The SMILES string of the molecule is COc1ccccc1Nc1cc(N(C)C)c2nonc2c1[N+](=O)[O-]. The summed E-state index contributed by atoms with van der Waals surface area (Å²) in [6.07, 6.45) is 0. The van der Waals surface area contributed by atoms with Crippen molar-refractivity contribution in [2.24, 2.45) is 0 Å². The summed E-state index contributed by atoms with van der Waals surface area (Å²) in [6.45, 7) is 0. The van der Waals surface area contributed by atoms with E-state index in [9.17, 15) is 10.1 Å². The van der Waals surface area contributed by atoms with E-state index < -0.39 is 4.92 Å². The lowest BCUT2D eigenvalue weighted by molar-refractivity contribution is -0.382. The standard InChI is InChI=1S/C15H15N5O4/c1-19(2)11-8-10(16-9-6-4-5-7-12(9)23-3)15(20(21)22)14-13(11)17-24-18-14/h4-8,16H,1-3H3. The zero-order valence-electron chi connectivity index (χ0n) is 13.3. The fourth-order valence-electron chi connectivity index (χ4n) is 2.43. The van der Waals surface area contributed by atoms with Gasteiger partial charge >= 0.3 is 5.69 Å². The highest BCUT2D eigenvalue weighted by molar-refractivity contribution is 6.00. The van der Waals surface area contributed by atoms with Gasteiger partial charge in [0.1, 0.15) is 11.4 Å². The van der Waals surface area contributed by atoms with Gasteiger partial charge in [0.2, 0.25) is 5.52 Å². The third-order valence-corrected chi connectivity index (χ3v) is 3.53. The highest BCUT2D eigenvalue weighted by Crippen LogP contribution is 2.40. The van der Waals surface area contributed by atoms with Crippen molar-refractivity contribution < 1.29 is 14.3 Å². The summed E-state index contributed by atoms with van der Waals surface area (Å²) >= 11 is 0. The summed E-state index contributed by atoms with van der Waals surface area (Å²) in [7, 11) is 5.15. The van der Waals surface area contributed by atoms with Gasteiger partial charge in [0, 0.05) is 14.1 Å². The summed E-state index contributed by atoms with van der Waals surface area (Å²) in [5.74, 6) is 0.566. The van der Waals surface area contributed by atoms with Crippen LogP contribution in [0.5, 0.6) is 5.75 Å². The molecule has 0 amide bonds. The smallest absolute Gasteiger partial charge is 0.324 e. The van der Waals surface area contributed by atoms with Gasteiger partial charge < -0.3 is 15.0 Å². The predicted molar refractivity (Wildman–Crippen MR) is 89.1 cm³/mol. The second-order valence-corrected chi connectivity index (χ2v) is 5.23. The molecule has 0 radical (unpaired) electrons. The number of fused-ring (bicyclic) bond motifs is 1. The first-order valence-corrected chi connectivity index (χ1v) is 7.04. The normalized spacial score (nSPS) is 10.6. The van der Waals surface area contributed by atoms with Crippen molar-refractivity contribution in [1.82, 2.24) is 10.3 Å². The number of nitrogens with one attached hydrogen (secondary N) is 1. The van der Waals surface area contributed by atoms with Gasteiger partial charge in [0.25, 0.3) is 0 Å². The minimum Gasteiger partial charge on any atom is -0.495 e. The van der Waals surface area contributed by atoms with Crippen molar-refractivity contribution in [3.8, 4) is 5.75 Å². The predicted octanol–water partition coefficient (Wildman–Crippen LogP) is 2.95. The fourth-order valence-corrected chi connectivity index (χ4v) is 2.43. The molecule has 2 aromatic carbocycles. The second kappa shape index (κ2) is 6.03. The molecule has 9 heteroatoms. The van der Waals surface area contributed by atoms with Crippen LogP contribution in [0.25, 0.3) is 11.0 Å². The van der Waals surface area contributed by atoms with Gasteiger partial charge in [-0.25, -0.2) is 4.63 Å². The molecular weight excluding hydrogens is 314 g/mol. The first kappa shape index (κ1) is 15.5. The molecule has 0 bridgehead atoms. The van der Waals surface area contributed by atoms with Crippen LogP contribution in [0.1, 0.15) is 0 Å². The molecule has 0 aliphatic heterocycles. The molecule has 3 rings (SSSR count). The van der Waals surface area contributed by atoms with Crippen molar-refractivity contribution in [1.29, 1.82) is 0 Å². The number of ether oxygens (including phenoxy) is 1. The Hall–Kier alpha value is -3.36. The van der Waals surface area contributed by atoms with Crippen molar-refractivity contribution in [3.05, 3.63) is 40.4 Å². The Kier molecular flexibility index (Phi) is 3.90. The lowest BCUT2D eigenvalue weighted by atomic mass is 10.1. The molecule has 0 aliphatic carbocycles. The largest absolute Gasteiger partial charge is 0.495 e. The molecule has 1 aromatic heterocycles. The molecule has 0 saturated carbocycles. The highest BCUT2D eigenvalue weighted by Gasteiger charge is 2.27. The van der Waals surface area contributed by atoms with Crippen molar-refractivity contribution >= 4 is 33.8 Å². The zero-order valence-corrected chi connectivity index (χ0v) is 13.3. The van der Waals surface area contributed by atoms with Crippen LogP contribution in [-0.2, 0) is 0 Å². The average molecular weight is 329 g/mol. The van der Waals surface area contributed by atoms with Gasteiger partial charge in [0.05, 0.1) is 23.4 Å². The summed E-state index contributed by atoms with van der Waals surface area (Å²) < 4.78 is 9.99. The number of hydrogen-bond acceptors (Lipinski definition) is 8. The maximum atomic E-state index is 11.6. The number of para-hydroxylation sites is 2. The maximum Gasteiger partial charge on any atom is 0.324 e. The quantitative estimate of drug-likeness (QED) is 0.562. The second-order valence-electron chi connectivity index (χ2n) is 5.23. The number of nitro groups is 1. The van der Waals surface area contributed by atoms with Crippen LogP contribution in [0.15, 0.2) is 35.0 Å². The fraction of sp³-hybridized carbons (Fsp3) is 0.200. The van der Waals surface area contributed by atoms with Crippen LogP contribution in [-0.4, -0.2) is 36.4 Å². The number of rotatable bonds is 5. The van der Waals surface area contributed by atoms with Gasteiger partial charge in [0.15, 0.2) is 5.52 Å². The van der Waals surface area contributed by atoms with E-state index in [1.807, 2.05) is 20.2 Å². The molecule has 1 heterocycles. The van der Waals surface area contributed by atoms with Crippen LogP contribution in [0.3, 0.4) is 0 Å². The van der Waals surface area contributed by atoms with Gasteiger partial charge in [-0.3, -0.25) is 10.1 Å². The molecule has 0 aliphatic rings. The van der Waals surface area contributed by atoms with Gasteiger partial charge in [-0.2, -0.15) is 0 Å². The third kappa shape index (κ3) is 2.56. The van der Waals surface area contributed by atoms with E-state index in [0.29, 0.717) is 22.6 Å². The minimum absolute atomic E-state index is 0.0867. The highest BCUT2D eigenvalue weighted by atomic mass is 16.6. The van der Waals surface area contributed by atoms with Crippen LogP contribution < -0.4 is 15.0 Å². The van der Waals surface area contributed by atoms with Crippen molar-refractivity contribution in [2.45, 2.75) is 0 Å². The molecule has 1 N–H and O–H groups in total. The summed E-state index contributed by atoms with van der Waals surface area (Å²) in [5.41, 5.74) is 1.73. The Labute approximate surface area is 136 Å². The van der Waals surface area contributed by atoms with E-state index >= 15 is 0 Å². The average Bonchev–Trinajstić information content (AvgIpc) is 3.03. The molecule has 24 heavy (non-hydrogen) atoms. The number of hydrogen-bond donors (Lipinski definition) is 1. The molecule has 3 aromatic rings. The lowest BCUT2D eigenvalue weighted by Gasteiger charge is -2.16. The molecule has 0 spiro atoms. The number of methoxy groups -OCH3 is 1. The topological polar surface area (TPSA) is 107 Å². The number of nitro benzene ring substituents is 1. The summed E-state index contributed by atoms with van der Waals surface area (Å²) in [6, 6.07) is 8.78. The monoisotopic (exact) mass is 329 g/mol. The van der Waals surface area contributed by atoms with Crippen molar-refractivity contribution in [2.75, 3.05) is 31.4 Å². The van der Waals surface area contributed by atoms with Gasteiger partial charge in [-0.1, -0.05) is 12.1 Å². The van der Waals surface area contributed by atoms with Gasteiger partial charge in [-0.05, 0) is 28.5 Å². The van der Waals surface area contributed by atoms with E-state index in [1.165, 1.54) is 7.11 Å². The Morgan fingerprint density at radius 1 is 1.21 bits per heavy atom. The van der Waals surface area contributed by atoms with Crippen molar-refractivity contribution in [3.63, 3.8) is 0 Å². The number of aromatic nitrogens is 2. The van der Waals surface area contributed by atoms with E-state index in [0.717, 1.165) is 0 Å². The first-order valence-electron chi connectivity index (χ1n) is 7.04. The Bertz CT molecular complexity index is 906. The Balaban J connectivity index is 2.22. The first-order chi connectivity index (χ1) is 11.5. The van der Waals surface area contributed by atoms with Crippen LogP contribution in [0.2, 0.25) is 0 Å². The van der Waals surface area contributed by atoms with E-state index in [2.05, 4.69) is 15.6 Å². The minimum atomic E-state index is -0.510. The Morgan fingerprint density at radius 2 is 1.92 bits per heavy atom. The summed E-state index contributed by atoms with van der Waals surface area (Å²) in [5, 5.41) is 22.1. The molecule has 124 valence electrons. The lowest BCUT2D eigenvalue weighted by Crippen LogP contribution is -2.10. The Morgan fingerprint density at radius 3 is 2.58 bits per heavy atom. The van der Waals surface area contributed by atoms with Crippen LogP contribution in [0, 0.1) is 10.1 Å². The van der Waals surface area contributed by atoms with E-state index in [-0.39, 0.29) is 16.9 Å². The molecule has 0 unspecified atom stereocenters. The van der Waals surface area contributed by atoms with Crippen LogP contribution in [0.4, 0.5) is 22.7 Å². The third-order valence-electron chi connectivity index (χ3n) is 3.53.